The highest BCUT2D eigenvalue weighted by molar-refractivity contribution is 6.39. The molecule has 0 bridgehead atoms. The van der Waals surface area contributed by atoms with E-state index in [-0.39, 0.29) is 0 Å². The standard InChI is InChI=1S/C15H20FN3O2/c1-2-18-7-4-8-19(10-9-18)15(21)14(20)17-13-6-3-5-12(16)11-13/h3,5-6,11H,2,4,7-10H2,1H3,(H,17,20). The summed E-state index contributed by atoms with van der Waals surface area (Å²) >= 11 is 0. The number of likely N-dealkylation sites (N-methyl/N-ethyl adjacent to an activating group) is 1. The van der Waals surface area contributed by atoms with Crippen molar-refractivity contribution in [3.63, 3.8) is 0 Å². The summed E-state index contributed by atoms with van der Waals surface area (Å²) in [7, 11) is 0. The first-order chi connectivity index (χ1) is 10.1. The molecule has 2 amide bonds. The van der Waals surface area contributed by atoms with Crippen LogP contribution in [0.15, 0.2) is 24.3 Å². The molecule has 114 valence electrons. The molecule has 1 aromatic rings. The number of carbonyl (C=O) groups is 2. The van der Waals surface area contributed by atoms with Crippen molar-refractivity contribution in [2.45, 2.75) is 13.3 Å². The van der Waals surface area contributed by atoms with Crippen molar-refractivity contribution in [3.8, 4) is 0 Å². The number of amides is 2. The SMILES string of the molecule is CCN1CCCN(C(=O)C(=O)Nc2cccc(F)c2)CC1. The van der Waals surface area contributed by atoms with E-state index < -0.39 is 17.6 Å². The number of hydrogen-bond acceptors (Lipinski definition) is 3. The van der Waals surface area contributed by atoms with Crippen molar-refractivity contribution in [2.24, 2.45) is 0 Å². The van der Waals surface area contributed by atoms with Crippen LogP contribution in [0, 0.1) is 5.82 Å². The molecule has 1 aliphatic rings. The normalized spacial score (nSPS) is 16.4. The number of halogens is 1. The second kappa shape index (κ2) is 7.17. The number of nitrogens with one attached hydrogen (secondary N) is 1. The van der Waals surface area contributed by atoms with E-state index >= 15 is 0 Å². The van der Waals surface area contributed by atoms with Crippen LogP contribution < -0.4 is 5.32 Å². The molecule has 1 aliphatic heterocycles. The van der Waals surface area contributed by atoms with Crippen LogP contribution in [0.4, 0.5) is 10.1 Å². The molecule has 1 saturated heterocycles. The Morgan fingerprint density at radius 1 is 1.24 bits per heavy atom. The fourth-order valence-electron chi connectivity index (χ4n) is 2.38. The van der Waals surface area contributed by atoms with Crippen LogP contribution in [-0.4, -0.2) is 54.3 Å². The van der Waals surface area contributed by atoms with Crippen molar-refractivity contribution in [2.75, 3.05) is 38.0 Å². The van der Waals surface area contributed by atoms with Crippen LogP contribution in [0.5, 0.6) is 0 Å². The summed E-state index contributed by atoms with van der Waals surface area (Å²) in [5.41, 5.74) is 0.290. The molecule has 6 heteroatoms. The second-order valence-electron chi connectivity index (χ2n) is 5.04. The Bertz CT molecular complexity index is 521. The molecule has 0 aliphatic carbocycles. The van der Waals surface area contributed by atoms with Crippen LogP contribution in [0.3, 0.4) is 0 Å². The predicted octanol–water partition coefficient (Wildman–Crippen LogP) is 1.32. The molecule has 21 heavy (non-hydrogen) atoms. The van der Waals surface area contributed by atoms with E-state index in [1.54, 1.807) is 11.0 Å². The van der Waals surface area contributed by atoms with Gasteiger partial charge in [-0.25, -0.2) is 4.39 Å². The van der Waals surface area contributed by atoms with Gasteiger partial charge in [-0.1, -0.05) is 13.0 Å². The van der Waals surface area contributed by atoms with Gasteiger partial charge in [0.15, 0.2) is 0 Å². The maximum Gasteiger partial charge on any atom is 0.313 e. The lowest BCUT2D eigenvalue weighted by Gasteiger charge is -2.20. The van der Waals surface area contributed by atoms with Gasteiger partial charge in [-0.05, 0) is 37.7 Å². The maximum absolute atomic E-state index is 13.1. The molecule has 5 nitrogen and oxygen atoms in total. The Labute approximate surface area is 123 Å². The zero-order chi connectivity index (χ0) is 15.2. The van der Waals surface area contributed by atoms with Crippen LogP contribution in [0.1, 0.15) is 13.3 Å². The minimum atomic E-state index is -0.717. The molecule has 0 saturated carbocycles. The van der Waals surface area contributed by atoms with E-state index in [1.165, 1.54) is 18.2 Å². The van der Waals surface area contributed by atoms with Gasteiger partial charge in [0.1, 0.15) is 5.82 Å². The molecule has 0 spiro atoms. The molecule has 1 heterocycles. The first kappa shape index (κ1) is 15.4. The molecular formula is C15H20FN3O2. The third kappa shape index (κ3) is 4.26. The van der Waals surface area contributed by atoms with E-state index in [1.807, 2.05) is 0 Å². The quantitative estimate of drug-likeness (QED) is 0.837. The number of nitrogens with zero attached hydrogens (tertiary/aromatic N) is 2. The van der Waals surface area contributed by atoms with E-state index in [4.69, 9.17) is 0 Å². The molecule has 1 N–H and O–H groups in total. The number of carbonyl (C=O) groups excluding carboxylic acids is 2. The highest BCUT2D eigenvalue weighted by Gasteiger charge is 2.24. The van der Waals surface area contributed by atoms with Crippen molar-refractivity contribution in [1.29, 1.82) is 0 Å². The molecule has 0 atom stereocenters. The van der Waals surface area contributed by atoms with Crippen molar-refractivity contribution < 1.29 is 14.0 Å². The number of rotatable bonds is 2. The lowest BCUT2D eigenvalue weighted by molar-refractivity contribution is -0.143. The molecule has 0 radical (unpaired) electrons. The van der Waals surface area contributed by atoms with Gasteiger partial charge in [-0.3, -0.25) is 9.59 Å². The Balaban J connectivity index is 1.94. The maximum atomic E-state index is 13.1. The average Bonchev–Trinajstić information content (AvgIpc) is 2.71. The predicted molar refractivity (Wildman–Crippen MR) is 78.3 cm³/mol. The monoisotopic (exact) mass is 293 g/mol. The Hall–Kier alpha value is -1.95. The smallest absolute Gasteiger partial charge is 0.313 e. The summed E-state index contributed by atoms with van der Waals surface area (Å²) < 4.78 is 13.1. The van der Waals surface area contributed by atoms with Gasteiger partial charge >= 0.3 is 11.8 Å². The second-order valence-corrected chi connectivity index (χ2v) is 5.04. The van der Waals surface area contributed by atoms with E-state index in [0.29, 0.717) is 18.8 Å². The van der Waals surface area contributed by atoms with Gasteiger partial charge in [0.2, 0.25) is 0 Å². The Morgan fingerprint density at radius 3 is 2.76 bits per heavy atom. The summed E-state index contributed by atoms with van der Waals surface area (Å²) in [6.45, 7) is 5.85. The number of anilines is 1. The minimum absolute atomic E-state index is 0.290. The first-order valence-electron chi connectivity index (χ1n) is 7.18. The summed E-state index contributed by atoms with van der Waals surface area (Å²) in [6.07, 6.45) is 0.854. The van der Waals surface area contributed by atoms with Gasteiger partial charge in [0.05, 0.1) is 0 Å². The van der Waals surface area contributed by atoms with Gasteiger partial charge in [0.25, 0.3) is 0 Å². The zero-order valence-electron chi connectivity index (χ0n) is 12.1. The van der Waals surface area contributed by atoms with E-state index in [9.17, 15) is 14.0 Å². The molecule has 2 rings (SSSR count). The lowest BCUT2D eigenvalue weighted by atomic mass is 10.3. The average molecular weight is 293 g/mol. The van der Waals surface area contributed by atoms with Crippen molar-refractivity contribution in [1.82, 2.24) is 9.80 Å². The fraction of sp³-hybridized carbons (Fsp3) is 0.467. The largest absolute Gasteiger partial charge is 0.333 e. The lowest BCUT2D eigenvalue weighted by Crippen LogP contribution is -2.41. The van der Waals surface area contributed by atoms with E-state index in [2.05, 4.69) is 17.1 Å². The Kier molecular flexibility index (Phi) is 5.27. The van der Waals surface area contributed by atoms with Crippen LogP contribution >= 0.6 is 0 Å². The summed E-state index contributed by atoms with van der Waals surface area (Å²) in [5.74, 6) is -1.73. The molecule has 0 aromatic heterocycles. The fourth-order valence-corrected chi connectivity index (χ4v) is 2.38. The van der Waals surface area contributed by atoms with Crippen LogP contribution in [0.2, 0.25) is 0 Å². The Morgan fingerprint density at radius 2 is 2.05 bits per heavy atom. The topological polar surface area (TPSA) is 52.7 Å². The van der Waals surface area contributed by atoms with Crippen molar-refractivity contribution >= 4 is 17.5 Å². The van der Waals surface area contributed by atoms with Gasteiger partial charge in [-0.2, -0.15) is 0 Å². The third-order valence-corrected chi connectivity index (χ3v) is 3.60. The van der Waals surface area contributed by atoms with E-state index in [0.717, 1.165) is 26.1 Å². The minimum Gasteiger partial charge on any atom is -0.333 e. The van der Waals surface area contributed by atoms with Gasteiger partial charge in [0, 0.05) is 25.3 Å². The van der Waals surface area contributed by atoms with Gasteiger partial charge in [-0.15, -0.1) is 0 Å². The van der Waals surface area contributed by atoms with Crippen LogP contribution in [0.25, 0.3) is 0 Å². The zero-order valence-corrected chi connectivity index (χ0v) is 12.1. The van der Waals surface area contributed by atoms with Gasteiger partial charge < -0.3 is 15.1 Å². The van der Waals surface area contributed by atoms with Crippen LogP contribution in [-0.2, 0) is 9.59 Å². The highest BCUT2D eigenvalue weighted by Crippen LogP contribution is 2.10. The molecule has 1 aromatic carbocycles. The summed E-state index contributed by atoms with van der Waals surface area (Å²) in [5, 5.41) is 2.44. The number of hydrogen-bond donors (Lipinski definition) is 1. The van der Waals surface area contributed by atoms with Crippen molar-refractivity contribution in [3.05, 3.63) is 30.1 Å². The molecule has 1 fully saturated rings. The summed E-state index contributed by atoms with van der Waals surface area (Å²) in [6, 6.07) is 5.51. The molecule has 0 unspecified atom stereocenters. The number of benzene rings is 1. The third-order valence-electron chi connectivity index (χ3n) is 3.60. The summed E-state index contributed by atoms with van der Waals surface area (Å²) in [4.78, 5) is 27.9. The first-order valence-corrected chi connectivity index (χ1v) is 7.18. The highest BCUT2D eigenvalue weighted by atomic mass is 19.1. The molecular weight excluding hydrogens is 273 g/mol.